The maximum atomic E-state index is 11.3. The van der Waals surface area contributed by atoms with Crippen molar-refractivity contribution in [2.75, 3.05) is 11.4 Å². The largest absolute Gasteiger partial charge is 0.368 e. The molecule has 6 heteroatoms. The van der Waals surface area contributed by atoms with Gasteiger partial charge in [-0.1, -0.05) is 0 Å². The van der Waals surface area contributed by atoms with Gasteiger partial charge in [-0.25, -0.2) is 9.97 Å². The summed E-state index contributed by atoms with van der Waals surface area (Å²) in [5.41, 5.74) is 6.26. The summed E-state index contributed by atoms with van der Waals surface area (Å²) < 4.78 is 0. The molecule has 1 fully saturated rings. The van der Waals surface area contributed by atoms with Gasteiger partial charge in [-0.15, -0.1) is 0 Å². The molecule has 16 heavy (non-hydrogen) atoms. The van der Waals surface area contributed by atoms with Crippen LogP contribution in [-0.2, 0) is 4.79 Å². The van der Waals surface area contributed by atoms with E-state index in [1.54, 1.807) is 6.20 Å². The van der Waals surface area contributed by atoms with Crippen molar-refractivity contribution in [3.63, 3.8) is 0 Å². The number of carbonyl (C=O) groups excluding carboxylic acids is 1. The quantitative estimate of drug-likeness (QED) is 0.780. The number of anilines is 1. The highest BCUT2D eigenvalue weighted by Gasteiger charge is 2.30. The predicted octanol–water partition coefficient (Wildman–Crippen LogP) is 0.893. The predicted molar refractivity (Wildman–Crippen MR) is 61.3 cm³/mol. The molecule has 1 atom stereocenters. The Balaban J connectivity index is 2.35. The van der Waals surface area contributed by atoms with E-state index >= 15 is 0 Å². The highest BCUT2D eigenvalue weighted by molar-refractivity contribution is 6.28. The molecule has 1 aliphatic heterocycles. The molecule has 1 aromatic rings. The zero-order valence-electron chi connectivity index (χ0n) is 8.98. The Morgan fingerprint density at radius 3 is 3.12 bits per heavy atom. The van der Waals surface area contributed by atoms with E-state index in [0.717, 1.165) is 24.9 Å². The van der Waals surface area contributed by atoms with Gasteiger partial charge >= 0.3 is 0 Å². The minimum Gasteiger partial charge on any atom is -0.368 e. The lowest BCUT2D eigenvalue weighted by Gasteiger charge is -2.24. The third-order valence-corrected chi connectivity index (χ3v) is 2.95. The first kappa shape index (κ1) is 11.1. The minimum absolute atomic E-state index is 0.190. The topological polar surface area (TPSA) is 72.1 Å². The summed E-state index contributed by atoms with van der Waals surface area (Å²) in [6.45, 7) is 2.67. The van der Waals surface area contributed by atoms with Crippen LogP contribution in [0.3, 0.4) is 0 Å². The van der Waals surface area contributed by atoms with Crippen LogP contribution >= 0.6 is 11.6 Å². The van der Waals surface area contributed by atoms with Crippen molar-refractivity contribution in [3.05, 3.63) is 17.0 Å². The molecule has 1 unspecified atom stereocenters. The number of hydrogen-bond donors (Lipinski definition) is 1. The van der Waals surface area contributed by atoms with E-state index in [4.69, 9.17) is 17.3 Å². The Kier molecular flexibility index (Phi) is 2.96. The summed E-state index contributed by atoms with van der Waals surface area (Å²) in [5, 5.41) is 0.190. The number of nitrogens with zero attached hydrogens (tertiary/aromatic N) is 3. The van der Waals surface area contributed by atoms with Crippen molar-refractivity contribution >= 4 is 23.3 Å². The smallest absolute Gasteiger partial charge is 0.240 e. The second kappa shape index (κ2) is 4.25. The number of halogens is 1. The second-order valence-corrected chi connectivity index (χ2v) is 4.24. The van der Waals surface area contributed by atoms with Crippen LogP contribution in [0.25, 0.3) is 0 Å². The van der Waals surface area contributed by atoms with Crippen molar-refractivity contribution in [1.29, 1.82) is 0 Å². The van der Waals surface area contributed by atoms with Gasteiger partial charge in [0, 0.05) is 18.3 Å². The van der Waals surface area contributed by atoms with Crippen LogP contribution in [0.2, 0.25) is 5.28 Å². The summed E-state index contributed by atoms with van der Waals surface area (Å²) in [6.07, 6.45) is 3.37. The normalized spacial score (nSPS) is 20.1. The molecule has 1 amide bonds. The van der Waals surface area contributed by atoms with Gasteiger partial charge in [-0.3, -0.25) is 4.79 Å². The molecule has 1 aromatic heterocycles. The summed E-state index contributed by atoms with van der Waals surface area (Å²) in [4.78, 5) is 21.2. The molecule has 1 aliphatic rings. The molecular formula is C10H13ClN4O. The molecular weight excluding hydrogens is 228 g/mol. The van der Waals surface area contributed by atoms with Crippen molar-refractivity contribution in [2.45, 2.75) is 25.8 Å². The van der Waals surface area contributed by atoms with Gasteiger partial charge in [0.25, 0.3) is 0 Å². The van der Waals surface area contributed by atoms with Crippen molar-refractivity contribution < 1.29 is 4.79 Å². The Bertz CT molecular complexity index is 423. The fraction of sp³-hybridized carbons (Fsp3) is 0.500. The van der Waals surface area contributed by atoms with Crippen LogP contribution in [0.4, 0.5) is 5.82 Å². The number of nitrogens with two attached hydrogens (primary N) is 1. The van der Waals surface area contributed by atoms with E-state index in [9.17, 15) is 4.79 Å². The average molecular weight is 241 g/mol. The summed E-state index contributed by atoms with van der Waals surface area (Å²) in [6, 6.07) is -0.273. The molecule has 5 nitrogen and oxygen atoms in total. The van der Waals surface area contributed by atoms with E-state index in [0.29, 0.717) is 5.82 Å². The Hall–Kier alpha value is -1.36. The van der Waals surface area contributed by atoms with E-state index in [-0.39, 0.29) is 17.2 Å². The first-order valence-corrected chi connectivity index (χ1v) is 5.52. The van der Waals surface area contributed by atoms with Gasteiger partial charge in [0.1, 0.15) is 11.9 Å². The number of hydrogen-bond acceptors (Lipinski definition) is 4. The van der Waals surface area contributed by atoms with Crippen LogP contribution in [-0.4, -0.2) is 28.5 Å². The van der Waals surface area contributed by atoms with Crippen molar-refractivity contribution in [1.82, 2.24) is 9.97 Å². The highest BCUT2D eigenvalue weighted by Crippen LogP contribution is 2.26. The van der Waals surface area contributed by atoms with E-state index in [1.165, 1.54) is 0 Å². The summed E-state index contributed by atoms with van der Waals surface area (Å²) >= 11 is 5.76. The number of primary amides is 1. The van der Waals surface area contributed by atoms with Crippen molar-refractivity contribution in [3.8, 4) is 0 Å². The SMILES string of the molecule is Cc1cnc(Cl)nc1N1CCCC1C(N)=O. The Morgan fingerprint density at radius 1 is 1.69 bits per heavy atom. The number of aryl methyl sites for hydroxylation is 1. The molecule has 0 spiro atoms. The molecule has 0 saturated carbocycles. The van der Waals surface area contributed by atoms with Gasteiger partial charge < -0.3 is 10.6 Å². The third kappa shape index (κ3) is 1.95. The fourth-order valence-electron chi connectivity index (χ4n) is 2.02. The van der Waals surface area contributed by atoms with E-state index < -0.39 is 0 Å². The Morgan fingerprint density at radius 2 is 2.44 bits per heavy atom. The zero-order valence-corrected chi connectivity index (χ0v) is 9.74. The molecule has 0 aliphatic carbocycles. The molecule has 1 saturated heterocycles. The lowest BCUT2D eigenvalue weighted by molar-refractivity contribution is -0.119. The molecule has 2 N–H and O–H groups in total. The third-order valence-electron chi connectivity index (χ3n) is 2.77. The second-order valence-electron chi connectivity index (χ2n) is 3.90. The summed E-state index contributed by atoms with van der Waals surface area (Å²) in [5.74, 6) is 0.396. The minimum atomic E-state index is -0.313. The molecule has 2 heterocycles. The first-order chi connectivity index (χ1) is 7.59. The lowest BCUT2D eigenvalue weighted by atomic mass is 10.2. The lowest BCUT2D eigenvalue weighted by Crippen LogP contribution is -2.41. The number of carbonyl (C=O) groups is 1. The van der Waals surface area contributed by atoms with E-state index in [1.807, 2.05) is 11.8 Å². The monoisotopic (exact) mass is 240 g/mol. The van der Waals surface area contributed by atoms with Gasteiger partial charge in [0.15, 0.2) is 0 Å². The van der Waals surface area contributed by atoms with Gasteiger partial charge in [0.2, 0.25) is 11.2 Å². The van der Waals surface area contributed by atoms with Gasteiger partial charge in [0.05, 0.1) is 0 Å². The van der Waals surface area contributed by atoms with Gasteiger partial charge in [-0.05, 0) is 31.4 Å². The molecule has 2 rings (SSSR count). The maximum Gasteiger partial charge on any atom is 0.240 e. The van der Waals surface area contributed by atoms with Crippen molar-refractivity contribution in [2.24, 2.45) is 5.73 Å². The average Bonchev–Trinajstić information content (AvgIpc) is 2.70. The standard InChI is InChI=1S/C10H13ClN4O/c1-6-5-13-10(11)14-9(6)15-4-2-3-7(15)8(12)16/h5,7H,2-4H2,1H3,(H2,12,16). The molecule has 0 bridgehead atoms. The fourth-order valence-corrected chi connectivity index (χ4v) is 2.15. The summed E-state index contributed by atoms with van der Waals surface area (Å²) in [7, 11) is 0. The van der Waals surface area contributed by atoms with Crippen LogP contribution in [0.15, 0.2) is 6.20 Å². The van der Waals surface area contributed by atoms with Crippen LogP contribution < -0.4 is 10.6 Å². The molecule has 86 valence electrons. The van der Waals surface area contributed by atoms with Gasteiger partial charge in [-0.2, -0.15) is 0 Å². The molecule has 0 radical (unpaired) electrons. The van der Waals surface area contributed by atoms with Crippen LogP contribution in [0, 0.1) is 6.92 Å². The maximum absolute atomic E-state index is 11.3. The number of rotatable bonds is 2. The highest BCUT2D eigenvalue weighted by atomic mass is 35.5. The molecule has 0 aromatic carbocycles. The first-order valence-electron chi connectivity index (χ1n) is 5.14. The zero-order chi connectivity index (χ0) is 11.7. The van der Waals surface area contributed by atoms with Crippen LogP contribution in [0.5, 0.6) is 0 Å². The number of aromatic nitrogens is 2. The van der Waals surface area contributed by atoms with Crippen LogP contribution in [0.1, 0.15) is 18.4 Å². The van der Waals surface area contributed by atoms with E-state index in [2.05, 4.69) is 9.97 Å². The Labute approximate surface area is 98.6 Å². The number of amides is 1.